The van der Waals surface area contributed by atoms with Gasteiger partial charge in [0.25, 0.3) is 0 Å². The summed E-state index contributed by atoms with van der Waals surface area (Å²) in [5, 5.41) is 6.74. The molecular weight excluding hydrogens is 469 g/mol. The number of nitrogens with one attached hydrogen (secondary N) is 2. The van der Waals surface area contributed by atoms with Crippen LogP contribution in [0.2, 0.25) is 0 Å². The maximum Gasteiger partial charge on any atom is 0.191 e. The van der Waals surface area contributed by atoms with E-state index in [2.05, 4.69) is 32.5 Å². The van der Waals surface area contributed by atoms with Crippen molar-refractivity contribution in [1.82, 2.24) is 20.4 Å². The zero-order chi connectivity index (χ0) is 19.5. The maximum atomic E-state index is 5.44. The molecule has 1 aromatic carbocycles. The van der Waals surface area contributed by atoms with Crippen molar-refractivity contribution in [2.75, 3.05) is 67.6 Å². The molecule has 1 fully saturated rings. The number of methoxy groups -OCH3 is 2. The van der Waals surface area contributed by atoms with Gasteiger partial charge < -0.3 is 29.9 Å². The molecule has 0 aromatic heterocycles. The van der Waals surface area contributed by atoms with Gasteiger partial charge in [0.1, 0.15) is 11.5 Å². The second kappa shape index (κ2) is 13.8. The van der Waals surface area contributed by atoms with Crippen molar-refractivity contribution in [1.29, 1.82) is 0 Å². The van der Waals surface area contributed by atoms with Crippen molar-refractivity contribution in [2.24, 2.45) is 4.99 Å². The number of aliphatic imine (C=N–C) groups is 1. The van der Waals surface area contributed by atoms with Gasteiger partial charge in [0.05, 0.1) is 14.2 Å². The number of benzene rings is 1. The smallest absolute Gasteiger partial charge is 0.191 e. The summed E-state index contributed by atoms with van der Waals surface area (Å²) < 4.78 is 10.7. The Morgan fingerprint density at radius 2 is 1.82 bits per heavy atom. The minimum Gasteiger partial charge on any atom is -0.497 e. The van der Waals surface area contributed by atoms with Crippen LogP contribution in [-0.4, -0.2) is 83.3 Å². The van der Waals surface area contributed by atoms with Gasteiger partial charge in [-0.1, -0.05) is 0 Å². The van der Waals surface area contributed by atoms with Crippen LogP contribution in [0.4, 0.5) is 0 Å². The summed E-state index contributed by atoms with van der Waals surface area (Å²) in [4.78, 5) is 9.25. The van der Waals surface area contributed by atoms with Gasteiger partial charge >= 0.3 is 0 Å². The van der Waals surface area contributed by atoms with Crippen molar-refractivity contribution < 1.29 is 9.47 Å². The number of guanidine groups is 1. The third-order valence-electron chi connectivity index (χ3n) is 4.95. The molecule has 1 aromatic rings. The zero-order valence-corrected chi connectivity index (χ0v) is 20.0. The first kappa shape index (κ1) is 24.8. The minimum absolute atomic E-state index is 0. The average Bonchev–Trinajstić information content (AvgIpc) is 2.71. The Morgan fingerprint density at radius 1 is 1.07 bits per heavy atom. The van der Waals surface area contributed by atoms with E-state index in [1.54, 1.807) is 21.3 Å². The first-order valence-corrected chi connectivity index (χ1v) is 9.72. The summed E-state index contributed by atoms with van der Waals surface area (Å²) in [7, 11) is 7.32. The van der Waals surface area contributed by atoms with Crippen molar-refractivity contribution in [3.63, 3.8) is 0 Å². The van der Waals surface area contributed by atoms with E-state index in [-0.39, 0.29) is 24.0 Å². The summed E-state index contributed by atoms with van der Waals surface area (Å²) in [6.07, 6.45) is 2.35. The van der Waals surface area contributed by atoms with E-state index in [1.807, 2.05) is 18.2 Å². The number of hydrogen-bond donors (Lipinski definition) is 2. The number of hydrogen-bond acceptors (Lipinski definition) is 5. The third-order valence-corrected chi connectivity index (χ3v) is 4.95. The summed E-state index contributed by atoms with van der Waals surface area (Å²) in [6.45, 7) is 7.51. The standard InChI is InChI=1S/C20H35N5O2.HI/c1-21-20(22-9-5-6-10-25-13-11-24(2)12-14-25)23-16-17-7-8-18(26-3)15-19(17)27-4;/h7-8,15H,5-6,9-14,16H2,1-4H3,(H2,21,22,23);1H. The molecule has 0 aliphatic carbocycles. The van der Waals surface area contributed by atoms with E-state index >= 15 is 0 Å². The van der Waals surface area contributed by atoms with E-state index in [1.165, 1.54) is 39.1 Å². The Kier molecular flexibility index (Phi) is 12.2. The molecule has 2 N–H and O–H groups in total. The van der Waals surface area contributed by atoms with Gasteiger partial charge in [-0.2, -0.15) is 0 Å². The Morgan fingerprint density at radius 3 is 2.46 bits per heavy atom. The van der Waals surface area contributed by atoms with Crippen LogP contribution < -0.4 is 20.1 Å². The highest BCUT2D eigenvalue weighted by Crippen LogP contribution is 2.24. The second-order valence-corrected chi connectivity index (χ2v) is 6.88. The number of rotatable bonds is 9. The average molecular weight is 505 g/mol. The molecule has 7 nitrogen and oxygen atoms in total. The normalized spacial score (nSPS) is 15.6. The quantitative estimate of drug-likeness (QED) is 0.232. The number of nitrogens with zero attached hydrogens (tertiary/aromatic N) is 3. The van der Waals surface area contributed by atoms with Crippen LogP contribution >= 0.6 is 24.0 Å². The van der Waals surface area contributed by atoms with Crippen LogP contribution in [0, 0.1) is 0 Å². The van der Waals surface area contributed by atoms with Gasteiger partial charge in [-0.05, 0) is 38.6 Å². The molecule has 8 heteroatoms. The van der Waals surface area contributed by atoms with Crippen molar-refractivity contribution >= 4 is 29.9 Å². The monoisotopic (exact) mass is 505 g/mol. The van der Waals surface area contributed by atoms with E-state index in [0.717, 1.165) is 36.0 Å². The van der Waals surface area contributed by atoms with Crippen LogP contribution in [0.3, 0.4) is 0 Å². The number of likely N-dealkylation sites (N-methyl/N-ethyl adjacent to an activating group) is 1. The van der Waals surface area contributed by atoms with Crippen molar-refractivity contribution in [2.45, 2.75) is 19.4 Å². The largest absolute Gasteiger partial charge is 0.497 e. The second-order valence-electron chi connectivity index (χ2n) is 6.88. The van der Waals surface area contributed by atoms with Gasteiger partial charge in [0.15, 0.2) is 5.96 Å². The SMILES string of the molecule is CN=C(NCCCCN1CCN(C)CC1)NCc1ccc(OC)cc1OC.I. The predicted molar refractivity (Wildman–Crippen MR) is 126 cm³/mol. The number of ether oxygens (including phenoxy) is 2. The first-order valence-electron chi connectivity index (χ1n) is 9.72. The highest BCUT2D eigenvalue weighted by atomic mass is 127. The van der Waals surface area contributed by atoms with E-state index in [0.29, 0.717) is 6.54 Å². The Bertz CT molecular complexity index is 592. The molecule has 0 bridgehead atoms. The first-order chi connectivity index (χ1) is 13.2. The lowest BCUT2D eigenvalue weighted by Gasteiger charge is -2.32. The fourth-order valence-corrected chi connectivity index (χ4v) is 3.14. The lowest BCUT2D eigenvalue weighted by molar-refractivity contribution is 0.152. The molecule has 1 heterocycles. The topological polar surface area (TPSA) is 61.4 Å². The number of piperazine rings is 1. The summed E-state index contributed by atoms with van der Waals surface area (Å²) >= 11 is 0. The summed E-state index contributed by atoms with van der Waals surface area (Å²) in [6, 6.07) is 5.84. The molecule has 0 atom stereocenters. The van der Waals surface area contributed by atoms with Gasteiger partial charge in [-0.3, -0.25) is 4.99 Å². The van der Waals surface area contributed by atoms with E-state index in [9.17, 15) is 0 Å². The lowest BCUT2D eigenvalue weighted by atomic mass is 10.2. The number of halogens is 1. The molecule has 1 aliphatic rings. The highest BCUT2D eigenvalue weighted by Gasteiger charge is 2.12. The molecule has 0 radical (unpaired) electrons. The van der Waals surface area contributed by atoms with Crippen LogP contribution in [0.5, 0.6) is 11.5 Å². The van der Waals surface area contributed by atoms with Crippen LogP contribution in [0.15, 0.2) is 23.2 Å². The van der Waals surface area contributed by atoms with Gasteiger partial charge in [-0.25, -0.2) is 0 Å². The molecule has 0 saturated carbocycles. The van der Waals surface area contributed by atoms with Gasteiger partial charge in [0, 0.05) is 57.9 Å². The Labute approximate surface area is 186 Å². The Hall–Kier alpha value is -1.26. The van der Waals surface area contributed by atoms with E-state index < -0.39 is 0 Å². The van der Waals surface area contributed by atoms with Gasteiger partial charge in [-0.15, -0.1) is 24.0 Å². The summed E-state index contributed by atoms with van der Waals surface area (Å²) in [5.41, 5.74) is 1.07. The fourth-order valence-electron chi connectivity index (χ4n) is 3.14. The molecular formula is C20H36IN5O2. The molecule has 28 heavy (non-hydrogen) atoms. The zero-order valence-electron chi connectivity index (χ0n) is 17.7. The van der Waals surface area contributed by atoms with Crippen LogP contribution in [0.25, 0.3) is 0 Å². The molecule has 1 saturated heterocycles. The van der Waals surface area contributed by atoms with E-state index in [4.69, 9.17) is 9.47 Å². The molecule has 160 valence electrons. The molecule has 2 rings (SSSR count). The van der Waals surface area contributed by atoms with Crippen molar-refractivity contribution in [3.8, 4) is 11.5 Å². The summed E-state index contributed by atoms with van der Waals surface area (Å²) in [5.74, 6) is 2.41. The Balaban J connectivity index is 0.00000392. The molecule has 0 unspecified atom stereocenters. The van der Waals surface area contributed by atoms with Crippen molar-refractivity contribution in [3.05, 3.63) is 23.8 Å². The van der Waals surface area contributed by atoms with Crippen LogP contribution in [0.1, 0.15) is 18.4 Å². The number of unbranched alkanes of at least 4 members (excludes halogenated alkanes) is 1. The fraction of sp³-hybridized carbons (Fsp3) is 0.650. The highest BCUT2D eigenvalue weighted by molar-refractivity contribution is 14.0. The molecule has 1 aliphatic heterocycles. The van der Waals surface area contributed by atoms with Crippen LogP contribution in [-0.2, 0) is 6.54 Å². The maximum absolute atomic E-state index is 5.44. The predicted octanol–water partition coefficient (Wildman–Crippen LogP) is 2.01. The molecule has 0 amide bonds. The lowest BCUT2D eigenvalue weighted by Crippen LogP contribution is -2.44. The molecule has 0 spiro atoms. The van der Waals surface area contributed by atoms with Gasteiger partial charge in [0.2, 0.25) is 0 Å². The minimum atomic E-state index is 0. The third kappa shape index (κ3) is 8.40.